The molecule has 90 valence electrons. The third-order valence-corrected chi connectivity index (χ3v) is 4.07. The molecule has 1 saturated carbocycles. The third kappa shape index (κ3) is 2.85. The quantitative estimate of drug-likeness (QED) is 0.713. The predicted octanol–water partition coefficient (Wildman–Crippen LogP) is 3.86. The first-order valence-corrected chi connectivity index (χ1v) is 6.59. The minimum Gasteiger partial charge on any atom is -0.496 e. The van der Waals surface area contributed by atoms with Crippen LogP contribution in [0.25, 0.3) is 0 Å². The Morgan fingerprint density at radius 2 is 1.94 bits per heavy atom. The topological polar surface area (TPSA) is 9.23 Å². The zero-order valence-electron chi connectivity index (χ0n) is 10.9. The van der Waals surface area contributed by atoms with Crippen LogP contribution in [0.2, 0.25) is 6.32 Å². The Labute approximate surface area is 106 Å². The Morgan fingerprint density at radius 3 is 2.47 bits per heavy atom. The van der Waals surface area contributed by atoms with Gasteiger partial charge < -0.3 is 4.74 Å². The average molecular weight is 228 g/mol. The van der Waals surface area contributed by atoms with Crippen molar-refractivity contribution < 1.29 is 4.74 Å². The molecule has 1 aliphatic carbocycles. The van der Waals surface area contributed by atoms with E-state index in [0.29, 0.717) is 0 Å². The molecule has 2 heteroatoms. The van der Waals surface area contributed by atoms with Crippen LogP contribution in [0.3, 0.4) is 0 Å². The van der Waals surface area contributed by atoms with Crippen LogP contribution in [0, 0.1) is 12.8 Å². The standard InChI is InChI=1S/C15H21BO/c1-11-9-14(7-8-15(11)17-2)13-5-3-12(10-16)4-6-13/h7-9,12-13H,3-6,10H2,1-2H3. The Morgan fingerprint density at radius 1 is 1.24 bits per heavy atom. The first-order chi connectivity index (χ1) is 8.24. The van der Waals surface area contributed by atoms with Crippen molar-refractivity contribution in [3.63, 3.8) is 0 Å². The number of ether oxygens (including phenoxy) is 1. The van der Waals surface area contributed by atoms with Crippen molar-refractivity contribution >= 4 is 7.85 Å². The number of benzene rings is 1. The van der Waals surface area contributed by atoms with Crippen molar-refractivity contribution in [3.05, 3.63) is 29.3 Å². The molecule has 1 fully saturated rings. The van der Waals surface area contributed by atoms with Crippen molar-refractivity contribution in [1.29, 1.82) is 0 Å². The molecule has 0 atom stereocenters. The minimum atomic E-state index is 0.724. The average Bonchev–Trinajstić information content (AvgIpc) is 2.39. The lowest BCUT2D eigenvalue weighted by atomic mass is 9.74. The summed E-state index contributed by atoms with van der Waals surface area (Å²) in [7, 11) is 7.46. The van der Waals surface area contributed by atoms with Crippen LogP contribution in [0.4, 0.5) is 0 Å². The van der Waals surface area contributed by atoms with E-state index in [4.69, 9.17) is 12.6 Å². The Hall–Kier alpha value is -0.915. The fraction of sp³-hybridized carbons (Fsp3) is 0.600. The van der Waals surface area contributed by atoms with E-state index in [1.807, 2.05) is 0 Å². The maximum atomic E-state index is 5.73. The number of rotatable bonds is 3. The molecule has 0 N–H and O–H groups in total. The van der Waals surface area contributed by atoms with E-state index in [-0.39, 0.29) is 0 Å². The van der Waals surface area contributed by atoms with Gasteiger partial charge in [0.2, 0.25) is 0 Å². The fourth-order valence-electron chi connectivity index (χ4n) is 2.89. The van der Waals surface area contributed by atoms with E-state index in [9.17, 15) is 0 Å². The number of aryl methyl sites for hydroxylation is 1. The highest BCUT2D eigenvalue weighted by molar-refractivity contribution is 6.08. The second kappa shape index (κ2) is 5.62. The van der Waals surface area contributed by atoms with Gasteiger partial charge in [0, 0.05) is 0 Å². The Bertz CT molecular complexity index is 367. The van der Waals surface area contributed by atoms with Gasteiger partial charge in [-0.1, -0.05) is 31.3 Å². The monoisotopic (exact) mass is 228 g/mol. The molecule has 0 amide bonds. The molecule has 0 unspecified atom stereocenters. The van der Waals surface area contributed by atoms with Crippen LogP contribution in [-0.4, -0.2) is 15.0 Å². The molecule has 17 heavy (non-hydrogen) atoms. The van der Waals surface area contributed by atoms with E-state index in [1.54, 1.807) is 7.11 Å². The maximum Gasteiger partial charge on any atom is 0.121 e. The van der Waals surface area contributed by atoms with Crippen molar-refractivity contribution in [3.8, 4) is 5.75 Å². The second-order valence-corrected chi connectivity index (χ2v) is 5.18. The summed E-state index contributed by atoms with van der Waals surface area (Å²) in [4.78, 5) is 0. The molecule has 0 spiro atoms. The number of hydrogen-bond acceptors (Lipinski definition) is 1. The van der Waals surface area contributed by atoms with Gasteiger partial charge in [-0.05, 0) is 48.8 Å². The highest BCUT2D eigenvalue weighted by Gasteiger charge is 2.21. The molecule has 2 radical (unpaired) electrons. The molecular formula is C15H21BO. The van der Waals surface area contributed by atoms with Crippen LogP contribution >= 0.6 is 0 Å². The number of methoxy groups -OCH3 is 1. The van der Waals surface area contributed by atoms with Gasteiger partial charge in [0.05, 0.1) is 15.0 Å². The largest absolute Gasteiger partial charge is 0.496 e. The van der Waals surface area contributed by atoms with Gasteiger partial charge in [0.1, 0.15) is 5.75 Å². The van der Waals surface area contributed by atoms with Crippen molar-refractivity contribution in [2.24, 2.45) is 5.92 Å². The lowest BCUT2D eigenvalue weighted by Crippen LogP contribution is -2.13. The number of hydrogen-bond donors (Lipinski definition) is 0. The summed E-state index contributed by atoms with van der Waals surface area (Å²) >= 11 is 0. The first-order valence-electron chi connectivity index (χ1n) is 6.59. The summed E-state index contributed by atoms with van der Waals surface area (Å²) in [6, 6.07) is 6.60. The van der Waals surface area contributed by atoms with E-state index in [0.717, 1.165) is 23.9 Å². The molecule has 0 bridgehead atoms. The lowest BCUT2D eigenvalue weighted by molar-refractivity contribution is 0.347. The molecule has 0 heterocycles. The predicted molar refractivity (Wildman–Crippen MR) is 73.0 cm³/mol. The van der Waals surface area contributed by atoms with Crippen LogP contribution in [0.5, 0.6) is 5.75 Å². The van der Waals surface area contributed by atoms with Crippen molar-refractivity contribution in [1.82, 2.24) is 0 Å². The van der Waals surface area contributed by atoms with Gasteiger partial charge in [-0.15, -0.1) is 0 Å². The third-order valence-electron chi connectivity index (χ3n) is 4.07. The van der Waals surface area contributed by atoms with Gasteiger partial charge in [-0.2, -0.15) is 0 Å². The van der Waals surface area contributed by atoms with E-state index in [1.165, 1.54) is 36.8 Å². The van der Waals surface area contributed by atoms with Gasteiger partial charge in [0.25, 0.3) is 0 Å². The highest BCUT2D eigenvalue weighted by Crippen LogP contribution is 2.37. The summed E-state index contributed by atoms with van der Waals surface area (Å²) in [5.41, 5.74) is 2.71. The molecule has 0 aromatic heterocycles. The zero-order valence-corrected chi connectivity index (χ0v) is 10.9. The lowest BCUT2D eigenvalue weighted by Gasteiger charge is -2.28. The van der Waals surface area contributed by atoms with Crippen molar-refractivity contribution in [2.75, 3.05) is 7.11 Å². The van der Waals surface area contributed by atoms with Gasteiger partial charge in [0.15, 0.2) is 0 Å². The van der Waals surface area contributed by atoms with Crippen LogP contribution < -0.4 is 4.74 Å². The van der Waals surface area contributed by atoms with Crippen LogP contribution in [0.15, 0.2) is 18.2 Å². The SMILES string of the molecule is [B]CC1CCC(c2ccc(OC)c(C)c2)CC1. The van der Waals surface area contributed by atoms with Crippen LogP contribution in [-0.2, 0) is 0 Å². The fourth-order valence-corrected chi connectivity index (χ4v) is 2.89. The molecule has 0 aliphatic heterocycles. The molecule has 1 aromatic carbocycles. The smallest absolute Gasteiger partial charge is 0.121 e. The van der Waals surface area contributed by atoms with E-state index >= 15 is 0 Å². The van der Waals surface area contributed by atoms with Gasteiger partial charge in [-0.25, -0.2) is 0 Å². The minimum absolute atomic E-state index is 0.724. The normalized spacial score (nSPS) is 24.6. The van der Waals surface area contributed by atoms with Crippen molar-refractivity contribution in [2.45, 2.75) is 44.8 Å². The Balaban J connectivity index is 2.06. The summed E-state index contributed by atoms with van der Waals surface area (Å²) in [5.74, 6) is 2.47. The van der Waals surface area contributed by atoms with E-state index < -0.39 is 0 Å². The Kier molecular flexibility index (Phi) is 4.14. The van der Waals surface area contributed by atoms with Gasteiger partial charge >= 0.3 is 0 Å². The van der Waals surface area contributed by atoms with Crippen LogP contribution in [0.1, 0.15) is 42.7 Å². The summed E-state index contributed by atoms with van der Waals surface area (Å²) < 4.78 is 5.31. The summed E-state index contributed by atoms with van der Waals surface area (Å²) in [6.07, 6.45) is 5.99. The molecule has 1 aliphatic rings. The highest BCUT2D eigenvalue weighted by atomic mass is 16.5. The second-order valence-electron chi connectivity index (χ2n) is 5.18. The first kappa shape index (κ1) is 12.5. The molecule has 0 saturated heterocycles. The molecular weight excluding hydrogens is 207 g/mol. The maximum absolute atomic E-state index is 5.73. The molecule has 1 aromatic rings. The zero-order chi connectivity index (χ0) is 12.3. The van der Waals surface area contributed by atoms with Gasteiger partial charge in [-0.3, -0.25) is 0 Å². The summed E-state index contributed by atoms with van der Waals surface area (Å²) in [6.45, 7) is 2.12. The summed E-state index contributed by atoms with van der Waals surface area (Å²) in [5, 5.41) is 0. The van der Waals surface area contributed by atoms with E-state index in [2.05, 4.69) is 25.1 Å². The molecule has 2 rings (SSSR count). The molecule has 1 nitrogen and oxygen atoms in total.